The molecule has 1 aromatic carbocycles. The first-order valence-electron chi connectivity index (χ1n) is 8.01. The van der Waals surface area contributed by atoms with Gasteiger partial charge in [0.25, 0.3) is 5.91 Å². The maximum Gasteiger partial charge on any atom is 0.253 e. The topological polar surface area (TPSA) is 82.8 Å². The zero-order valence-electron chi connectivity index (χ0n) is 14.1. The van der Waals surface area contributed by atoms with E-state index in [1.165, 1.54) is 34.2 Å². The van der Waals surface area contributed by atoms with Crippen molar-refractivity contribution in [2.45, 2.75) is 44.6 Å². The zero-order chi connectivity index (χ0) is 16.8. The molecule has 0 unspecified atom stereocenters. The van der Waals surface area contributed by atoms with Crippen LogP contribution in [0.25, 0.3) is 0 Å². The predicted molar refractivity (Wildman–Crippen MR) is 89.5 cm³/mol. The lowest BCUT2D eigenvalue weighted by Gasteiger charge is -2.20. The summed E-state index contributed by atoms with van der Waals surface area (Å²) in [6.45, 7) is 0. The normalized spacial score (nSPS) is 15.6. The molecule has 0 aromatic heterocycles. The molecular formula is C17H26N2O4. The molecule has 128 valence electrons. The Labute approximate surface area is 137 Å². The van der Waals surface area contributed by atoms with Gasteiger partial charge >= 0.3 is 0 Å². The number of ether oxygens (including phenoxy) is 3. The summed E-state index contributed by atoms with van der Waals surface area (Å²) >= 11 is 0. The van der Waals surface area contributed by atoms with Crippen LogP contribution in [0.1, 0.15) is 48.9 Å². The van der Waals surface area contributed by atoms with Gasteiger partial charge in [-0.1, -0.05) is 25.7 Å². The lowest BCUT2D eigenvalue weighted by Crippen LogP contribution is -2.34. The van der Waals surface area contributed by atoms with E-state index in [-0.39, 0.29) is 17.6 Å². The summed E-state index contributed by atoms with van der Waals surface area (Å²) < 4.78 is 15.9. The Bertz CT molecular complexity index is 552. The van der Waals surface area contributed by atoms with Gasteiger partial charge in [0.05, 0.1) is 32.6 Å². The molecule has 1 aromatic rings. The second-order valence-corrected chi connectivity index (χ2v) is 5.77. The van der Waals surface area contributed by atoms with E-state index in [0.29, 0.717) is 22.8 Å². The van der Waals surface area contributed by atoms with Crippen LogP contribution in [-0.2, 0) is 0 Å². The zero-order valence-corrected chi connectivity index (χ0v) is 14.1. The number of hydrogen-bond donors (Lipinski definition) is 2. The number of anilines is 1. The van der Waals surface area contributed by atoms with Crippen LogP contribution in [0.15, 0.2) is 6.07 Å². The van der Waals surface area contributed by atoms with Crippen molar-refractivity contribution in [1.82, 2.24) is 5.32 Å². The standard InChI is InChI=1S/C17H26N2O4/c1-21-13-10-12(14(18)16(23-3)15(13)22-2)17(20)19-11-8-6-4-5-7-9-11/h10-11H,4-9,18H2,1-3H3,(H,19,20). The van der Waals surface area contributed by atoms with Gasteiger partial charge in [-0.3, -0.25) is 4.79 Å². The fraction of sp³-hybridized carbons (Fsp3) is 0.588. The van der Waals surface area contributed by atoms with Crippen LogP contribution < -0.4 is 25.3 Å². The minimum Gasteiger partial charge on any atom is -0.493 e. The van der Waals surface area contributed by atoms with Crippen LogP contribution in [0.5, 0.6) is 17.2 Å². The number of amides is 1. The van der Waals surface area contributed by atoms with Crippen LogP contribution in [0.4, 0.5) is 5.69 Å². The Morgan fingerprint density at radius 1 is 1.04 bits per heavy atom. The molecule has 0 heterocycles. The third kappa shape index (κ3) is 3.81. The number of nitrogens with one attached hydrogen (secondary N) is 1. The lowest BCUT2D eigenvalue weighted by molar-refractivity contribution is 0.0933. The summed E-state index contributed by atoms with van der Waals surface area (Å²) in [6, 6.07) is 1.80. The summed E-state index contributed by atoms with van der Waals surface area (Å²) in [7, 11) is 4.51. The molecule has 1 saturated carbocycles. The van der Waals surface area contributed by atoms with Crippen molar-refractivity contribution < 1.29 is 19.0 Å². The van der Waals surface area contributed by atoms with Gasteiger partial charge in [-0.05, 0) is 18.9 Å². The first-order chi connectivity index (χ1) is 11.1. The van der Waals surface area contributed by atoms with Gasteiger partial charge < -0.3 is 25.3 Å². The number of carbonyl (C=O) groups is 1. The Morgan fingerprint density at radius 3 is 2.17 bits per heavy atom. The highest BCUT2D eigenvalue weighted by Crippen LogP contribution is 2.43. The highest BCUT2D eigenvalue weighted by molar-refractivity contribution is 6.02. The number of nitrogen functional groups attached to an aromatic ring is 1. The number of hydrogen-bond acceptors (Lipinski definition) is 5. The van der Waals surface area contributed by atoms with E-state index < -0.39 is 0 Å². The molecule has 6 nitrogen and oxygen atoms in total. The molecule has 1 fully saturated rings. The molecule has 1 aliphatic carbocycles. The number of benzene rings is 1. The third-order valence-corrected chi connectivity index (χ3v) is 4.30. The van der Waals surface area contributed by atoms with Crippen LogP contribution in [0.3, 0.4) is 0 Å². The fourth-order valence-corrected chi connectivity index (χ4v) is 3.05. The van der Waals surface area contributed by atoms with Crippen LogP contribution in [0, 0.1) is 0 Å². The molecule has 0 aliphatic heterocycles. The molecule has 0 radical (unpaired) electrons. The van der Waals surface area contributed by atoms with Gasteiger partial charge in [-0.25, -0.2) is 0 Å². The summed E-state index contributed by atoms with van der Waals surface area (Å²) in [5.74, 6) is 0.926. The first-order valence-corrected chi connectivity index (χ1v) is 8.01. The van der Waals surface area contributed by atoms with Crippen molar-refractivity contribution in [2.24, 2.45) is 0 Å². The number of carbonyl (C=O) groups excluding carboxylic acids is 1. The quantitative estimate of drug-likeness (QED) is 0.643. The SMILES string of the molecule is COc1cc(C(=O)NC2CCCCCC2)c(N)c(OC)c1OC. The molecule has 23 heavy (non-hydrogen) atoms. The second kappa shape index (κ2) is 7.94. The van der Waals surface area contributed by atoms with E-state index in [4.69, 9.17) is 19.9 Å². The predicted octanol–water partition coefficient (Wildman–Crippen LogP) is 2.75. The Morgan fingerprint density at radius 2 is 1.65 bits per heavy atom. The molecule has 0 atom stereocenters. The van der Waals surface area contributed by atoms with Gasteiger partial charge in [0.2, 0.25) is 5.75 Å². The molecule has 1 amide bonds. The van der Waals surface area contributed by atoms with Crippen molar-refractivity contribution >= 4 is 11.6 Å². The van der Waals surface area contributed by atoms with Crippen molar-refractivity contribution in [3.8, 4) is 17.2 Å². The average molecular weight is 322 g/mol. The van der Waals surface area contributed by atoms with E-state index in [1.807, 2.05) is 0 Å². The van der Waals surface area contributed by atoms with E-state index in [2.05, 4.69) is 5.32 Å². The van der Waals surface area contributed by atoms with E-state index in [0.717, 1.165) is 25.7 Å². The van der Waals surface area contributed by atoms with E-state index >= 15 is 0 Å². The maximum atomic E-state index is 12.6. The van der Waals surface area contributed by atoms with Gasteiger partial charge in [0, 0.05) is 6.04 Å². The van der Waals surface area contributed by atoms with Gasteiger partial charge in [0.15, 0.2) is 11.5 Å². The van der Waals surface area contributed by atoms with Gasteiger partial charge in [-0.2, -0.15) is 0 Å². The molecule has 0 bridgehead atoms. The highest BCUT2D eigenvalue weighted by atomic mass is 16.5. The third-order valence-electron chi connectivity index (χ3n) is 4.30. The summed E-state index contributed by atoms with van der Waals surface area (Å²) in [6.07, 6.45) is 6.79. The summed E-state index contributed by atoms with van der Waals surface area (Å²) in [4.78, 5) is 12.6. The molecular weight excluding hydrogens is 296 g/mol. The summed E-state index contributed by atoms with van der Waals surface area (Å²) in [5, 5.41) is 3.09. The number of rotatable bonds is 5. The largest absolute Gasteiger partial charge is 0.493 e. The van der Waals surface area contributed by atoms with E-state index in [9.17, 15) is 4.79 Å². The number of nitrogens with two attached hydrogens (primary N) is 1. The second-order valence-electron chi connectivity index (χ2n) is 5.77. The van der Waals surface area contributed by atoms with Crippen LogP contribution in [0.2, 0.25) is 0 Å². The Kier molecular flexibility index (Phi) is 5.96. The molecule has 2 rings (SSSR count). The van der Waals surface area contributed by atoms with Crippen molar-refractivity contribution in [2.75, 3.05) is 27.1 Å². The monoisotopic (exact) mass is 322 g/mol. The Hall–Kier alpha value is -2.11. The van der Waals surface area contributed by atoms with Crippen LogP contribution >= 0.6 is 0 Å². The minimum absolute atomic E-state index is 0.198. The average Bonchev–Trinajstić information content (AvgIpc) is 2.82. The Balaban J connectivity index is 2.28. The molecule has 0 saturated heterocycles. The maximum absolute atomic E-state index is 12.6. The van der Waals surface area contributed by atoms with Crippen molar-refractivity contribution in [3.63, 3.8) is 0 Å². The molecule has 0 spiro atoms. The highest BCUT2D eigenvalue weighted by Gasteiger charge is 2.24. The van der Waals surface area contributed by atoms with Crippen molar-refractivity contribution in [3.05, 3.63) is 11.6 Å². The van der Waals surface area contributed by atoms with Crippen molar-refractivity contribution in [1.29, 1.82) is 0 Å². The lowest BCUT2D eigenvalue weighted by atomic mass is 10.1. The fourth-order valence-electron chi connectivity index (χ4n) is 3.05. The first kappa shape index (κ1) is 17.2. The van der Waals surface area contributed by atoms with E-state index in [1.54, 1.807) is 6.07 Å². The number of methoxy groups -OCH3 is 3. The molecule has 6 heteroatoms. The molecule has 3 N–H and O–H groups in total. The van der Waals surface area contributed by atoms with Gasteiger partial charge in [-0.15, -0.1) is 0 Å². The molecule has 1 aliphatic rings. The minimum atomic E-state index is -0.200. The summed E-state index contributed by atoms with van der Waals surface area (Å²) in [5.41, 5.74) is 6.72. The smallest absolute Gasteiger partial charge is 0.253 e. The van der Waals surface area contributed by atoms with Gasteiger partial charge in [0.1, 0.15) is 0 Å². The van der Waals surface area contributed by atoms with Crippen LogP contribution in [-0.4, -0.2) is 33.3 Å².